The van der Waals surface area contributed by atoms with Gasteiger partial charge in [0, 0.05) is 39.4 Å². The van der Waals surface area contributed by atoms with Gasteiger partial charge in [0.1, 0.15) is 11.6 Å². The Morgan fingerprint density at radius 3 is 2.82 bits per heavy atom. The van der Waals surface area contributed by atoms with Crippen LogP contribution in [-0.4, -0.2) is 33.8 Å². The maximum atomic E-state index is 4.42. The third kappa shape index (κ3) is 2.72. The molecule has 0 atom stereocenters. The molecule has 0 spiro atoms. The molecule has 1 N–H and O–H groups in total. The summed E-state index contributed by atoms with van der Waals surface area (Å²) in [7, 11) is 5.72. The van der Waals surface area contributed by atoms with Crippen molar-refractivity contribution in [3.8, 4) is 0 Å². The maximum Gasteiger partial charge on any atom is 0.149 e. The number of nitrogens with zero attached hydrogens (tertiary/aromatic N) is 5. The van der Waals surface area contributed by atoms with Crippen LogP contribution in [0.4, 0.5) is 11.6 Å². The predicted octanol–water partition coefficient (Wildman–Crippen LogP) is 0.888. The van der Waals surface area contributed by atoms with E-state index in [0.29, 0.717) is 0 Å². The summed E-state index contributed by atoms with van der Waals surface area (Å²) < 4.78 is 1.79. The minimum absolute atomic E-state index is 0.760. The minimum atomic E-state index is 0.760. The molecule has 0 aliphatic carbocycles. The van der Waals surface area contributed by atoms with Crippen LogP contribution in [0, 0.1) is 0 Å². The average Bonchev–Trinajstić information content (AvgIpc) is 2.75. The normalized spacial score (nSPS) is 10.3. The van der Waals surface area contributed by atoms with Gasteiger partial charge in [-0.3, -0.25) is 9.67 Å². The van der Waals surface area contributed by atoms with Gasteiger partial charge in [0.05, 0.1) is 18.6 Å². The highest BCUT2D eigenvalue weighted by molar-refractivity contribution is 5.43. The molecular formula is C11H16N6. The van der Waals surface area contributed by atoms with Crippen molar-refractivity contribution in [2.24, 2.45) is 7.05 Å². The van der Waals surface area contributed by atoms with E-state index >= 15 is 0 Å². The van der Waals surface area contributed by atoms with Crippen LogP contribution in [0.2, 0.25) is 0 Å². The molecule has 0 saturated heterocycles. The van der Waals surface area contributed by atoms with Gasteiger partial charge in [-0.1, -0.05) is 0 Å². The molecule has 0 unspecified atom stereocenters. The van der Waals surface area contributed by atoms with Gasteiger partial charge in [-0.15, -0.1) is 0 Å². The quantitative estimate of drug-likeness (QED) is 0.848. The van der Waals surface area contributed by atoms with Gasteiger partial charge in [0.2, 0.25) is 0 Å². The van der Waals surface area contributed by atoms with Crippen LogP contribution < -0.4 is 10.2 Å². The topological polar surface area (TPSA) is 58.9 Å². The molecule has 0 saturated carbocycles. The molecule has 0 bridgehead atoms. The van der Waals surface area contributed by atoms with Crippen LogP contribution in [0.1, 0.15) is 5.56 Å². The Hall–Kier alpha value is -2.11. The third-order valence-corrected chi connectivity index (χ3v) is 2.45. The summed E-state index contributed by atoms with van der Waals surface area (Å²) in [6.45, 7) is 0.760. The smallest absolute Gasteiger partial charge is 0.149 e. The van der Waals surface area contributed by atoms with Gasteiger partial charge < -0.3 is 10.2 Å². The average molecular weight is 232 g/mol. The van der Waals surface area contributed by atoms with Crippen LogP contribution in [0.25, 0.3) is 0 Å². The lowest BCUT2D eigenvalue weighted by Crippen LogP contribution is -2.18. The molecule has 6 nitrogen and oxygen atoms in total. The fourth-order valence-electron chi connectivity index (χ4n) is 1.57. The van der Waals surface area contributed by atoms with Gasteiger partial charge in [0.15, 0.2) is 0 Å². The molecular weight excluding hydrogens is 216 g/mol. The lowest BCUT2D eigenvalue weighted by atomic mass is 10.3. The Labute approximate surface area is 100 Å². The Bertz CT molecular complexity index is 492. The SMILES string of the molecule is CNc1cncc(N(C)Cc2cnn(C)c2)n1. The number of hydrogen-bond acceptors (Lipinski definition) is 5. The van der Waals surface area contributed by atoms with Crippen molar-refractivity contribution in [1.82, 2.24) is 19.7 Å². The molecule has 2 aromatic heterocycles. The number of rotatable bonds is 4. The Morgan fingerprint density at radius 1 is 1.35 bits per heavy atom. The number of anilines is 2. The van der Waals surface area contributed by atoms with E-state index in [1.165, 1.54) is 0 Å². The second kappa shape index (κ2) is 4.82. The van der Waals surface area contributed by atoms with Crippen LogP contribution in [-0.2, 0) is 13.6 Å². The Kier molecular flexibility index (Phi) is 3.22. The van der Waals surface area contributed by atoms with Crippen LogP contribution in [0.5, 0.6) is 0 Å². The van der Waals surface area contributed by atoms with E-state index < -0.39 is 0 Å². The molecule has 17 heavy (non-hydrogen) atoms. The molecule has 2 rings (SSSR count). The summed E-state index contributed by atoms with van der Waals surface area (Å²) in [5, 5.41) is 7.11. The van der Waals surface area contributed by atoms with Crippen molar-refractivity contribution in [2.45, 2.75) is 6.54 Å². The minimum Gasteiger partial charge on any atom is -0.372 e. The van der Waals surface area contributed by atoms with E-state index in [1.807, 2.05) is 38.4 Å². The maximum absolute atomic E-state index is 4.42. The Balaban J connectivity index is 2.11. The first-order chi connectivity index (χ1) is 8.19. The van der Waals surface area contributed by atoms with Crippen LogP contribution in [0.15, 0.2) is 24.8 Å². The fourth-order valence-corrected chi connectivity index (χ4v) is 1.57. The van der Waals surface area contributed by atoms with Crippen molar-refractivity contribution >= 4 is 11.6 Å². The predicted molar refractivity (Wildman–Crippen MR) is 66.9 cm³/mol. The van der Waals surface area contributed by atoms with Crippen molar-refractivity contribution in [1.29, 1.82) is 0 Å². The van der Waals surface area contributed by atoms with Crippen molar-refractivity contribution < 1.29 is 0 Å². The van der Waals surface area contributed by atoms with Gasteiger partial charge in [0.25, 0.3) is 0 Å². The number of hydrogen-bond donors (Lipinski definition) is 1. The fraction of sp³-hybridized carbons (Fsp3) is 0.364. The van der Waals surface area contributed by atoms with E-state index in [0.717, 1.165) is 23.7 Å². The van der Waals surface area contributed by atoms with E-state index in [9.17, 15) is 0 Å². The summed E-state index contributed by atoms with van der Waals surface area (Å²) in [6, 6.07) is 0. The molecule has 6 heteroatoms. The van der Waals surface area contributed by atoms with Gasteiger partial charge in [-0.25, -0.2) is 4.98 Å². The van der Waals surface area contributed by atoms with Gasteiger partial charge in [-0.2, -0.15) is 5.10 Å². The molecule has 0 aliphatic rings. The molecule has 0 radical (unpaired) electrons. The molecule has 0 aromatic carbocycles. The van der Waals surface area contributed by atoms with Crippen molar-refractivity contribution in [3.63, 3.8) is 0 Å². The van der Waals surface area contributed by atoms with E-state index in [1.54, 1.807) is 17.1 Å². The largest absolute Gasteiger partial charge is 0.372 e. The molecule has 2 heterocycles. The second-order valence-corrected chi connectivity index (χ2v) is 3.89. The molecule has 0 aliphatic heterocycles. The van der Waals surface area contributed by atoms with Gasteiger partial charge >= 0.3 is 0 Å². The zero-order valence-corrected chi connectivity index (χ0v) is 10.3. The molecule has 0 fully saturated rings. The standard InChI is InChI=1S/C11H16N6/c1-12-10-5-13-6-11(15-10)16(2)7-9-4-14-17(3)8-9/h4-6,8H,7H2,1-3H3,(H,12,15). The van der Waals surface area contributed by atoms with Crippen molar-refractivity contribution in [2.75, 3.05) is 24.3 Å². The number of aryl methyl sites for hydroxylation is 1. The highest BCUT2D eigenvalue weighted by Gasteiger charge is 2.06. The first-order valence-electron chi connectivity index (χ1n) is 5.37. The highest BCUT2D eigenvalue weighted by Crippen LogP contribution is 2.13. The van der Waals surface area contributed by atoms with Crippen LogP contribution >= 0.6 is 0 Å². The first-order valence-corrected chi connectivity index (χ1v) is 5.37. The van der Waals surface area contributed by atoms with Gasteiger partial charge in [-0.05, 0) is 0 Å². The summed E-state index contributed by atoms with van der Waals surface area (Å²) >= 11 is 0. The number of aromatic nitrogens is 4. The summed E-state index contributed by atoms with van der Waals surface area (Å²) in [6.07, 6.45) is 7.29. The zero-order valence-electron chi connectivity index (χ0n) is 10.3. The lowest BCUT2D eigenvalue weighted by Gasteiger charge is -2.17. The van der Waals surface area contributed by atoms with Crippen molar-refractivity contribution in [3.05, 3.63) is 30.4 Å². The number of nitrogens with one attached hydrogen (secondary N) is 1. The summed E-state index contributed by atoms with van der Waals surface area (Å²) in [5.41, 5.74) is 1.15. The summed E-state index contributed by atoms with van der Waals surface area (Å²) in [4.78, 5) is 10.6. The monoisotopic (exact) mass is 232 g/mol. The third-order valence-electron chi connectivity index (χ3n) is 2.45. The van der Waals surface area contributed by atoms with E-state index in [4.69, 9.17) is 0 Å². The first kappa shape index (κ1) is 11.4. The molecule has 0 amide bonds. The van der Waals surface area contributed by atoms with E-state index in [-0.39, 0.29) is 0 Å². The Morgan fingerprint density at radius 2 is 2.18 bits per heavy atom. The molecule has 2 aromatic rings. The molecule has 90 valence electrons. The summed E-state index contributed by atoms with van der Waals surface area (Å²) in [5.74, 6) is 1.60. The van der Waals surface area contributed by atoms with E-state index in [2.05, 4.69) is 20.4 Å². The highest BCUT2D eigenvalue weighted by atomic mass is 15.2. The van der Waals surface area contributed by atoms with Crippen LogP contribution in [0.3, 0.4) is 0 Å². The lowest BCUT2D eigenvalue weighted by molar-refractivity contribution is 0.766. The zero-order chi connectivity index (χ0) is 12.3. The second-order valence-electron chi connectivity index (χ2n) is 3.89.